The summed E-state index contributed by atoms with van der Waals surface area (Å²) in [6.45, 7) is 6.42. The lowest BCUT2D eigenvalue weighted by Gasteiger charge is -2.13. The second kappa shape index (κ2) is 6.44. The Balaban J connectivity index is 2.11. The number of aromatic carboxylic acids is 1. The lowest BCUT2D eigenvalue weighted by molar-refractivity contribution is 0.0697. The van der Waals surface area contributed by atoms with E-state index in [-0.39, 0.29) is 5.56 Å². The molecule has 3 heteroatoms. The molecule has 0 atom stereocenters. The molecule has 0 radical (unpaired) electrons. The fourth-order valence-electron chi connectivity index (χ4n) is 3.66. The Kier molecular flexibility index (Phi) is 4.08. The molecule has 1 aromatic heterocycles. The summed E-state index contributed by atoms with van der Waals surface area (Å²) in [5.41, 5.74) is 8.17. The predicted molar refractivity (Wildman–Crippen MR) is 110 cm³/mol. The van der Waals surface area contributed by atoms with Crippen molar-refractivity contribution in [2.45, 2.75) is 20.8 Å². The fourth-order valence-corrected chi connectivity index (χ4v) is 3.66. The van der Waals surface area contributed by atoms with E-state index in [9.17, 15) is 9.90 Å². The Morgan fingerprint density at radius 3 is 2.30 bits per heavy atom. The van der Waals surface area contributed by atoms with E-state index in [1.807, 2.05) is 24.3 Å². The maximum absolute atomic E-state index is 11.5. The zero-order valence-corrected chi connectivity index (χ0v) is 15.7. The number of carboxylic acids is 1. The van der Waals surface area contributed by atoms with Gasteiger partial charge in [-0.1, -0.05) is 36.4 Å². The van der Waals surface area contributed by atoms with Crippen LogP contribution < -0.4 is 0 Å². The molecule has 3 aromatic carbocycles. The Bertz CT molecular complexity index is 1170. The number of carbonyl (C=O) groups is 1. The van der Waals surface area contributed by atoms with Gasteiger partial charge in [-0.15, -0.1) is 0 Å². The smallest absolute Gasteiger partial charge is 0.335 e. The number of hydrogen-bond acceptors (Lipinski definition) is 1. The van der Waals surface area contributed by atoms with E-state index in [1.54, 1.807) is 18.2 Å². The highest BCUT2D eigenvalue weighted by Crippen LogP contribution is 2.35. The number of aryl methyl sites for hydroxylation is 2. The molecule has 3 nitrogen and oxygen atoms in total. The van der Waals surface area contributed by atoms with Crippen LogP contribution in [0.4, 0.5) is 0 Å². The van der Waals surface area contributed by atoms with Crippen molar-refractivity contribution < 1.29 is 9.90 Å². The third-order valence-corrected chi connectivity index (χ3v) is 5.37. The van der Waals surface area contributed by atoms with Crippen molar-refractivity contribution in [1.29, 1.82) is 0 Å². The standard InChI is InChI=1S/C24H21NO2/c1-15-12-23-21(17(3)16(15)2)14-22(18-8-5-4-6-9-18)25(23)20-11-7-10-19(13-20)24(26)27/h4-14H,1-3H3,(H,26,27). The quantitative estimate of drug-likeness (QED) is 0.495. The van der Waals surface area contributed by atoms with E-state index >= 15 is 0 Å². The molecule has 1 heterocycles. The number of hydrogen-bond donors (Lipinski definition) is 1. The van der Waals surface area contributed by atoms with Gasteiger partial charge in [-0.25, -0.2) is 4.79 Å². The Morgan fingerprint density at radius 2 is 1.59 bits per heavy atom. The first-order valence-electron chi connectivity index (χ1n) is 8.99. The summed E-state index contributed by atoms with van der Waals surface area (Å²) in [5, 5.41) is 10.6. The van der Waals surface area contributed by atoms with Crippen LogP contribution in [-0.4, -0.2) is 15.6 Å². The van der Waals surface area contributed by atoms with Gasteiger partial charge < -0.3 is 9.67 Å². The second-order valence-corrected chi connectivity index (χ2v) is 6.96. The molecule has 0 fully saturated rings. The van der Waals surface area contributed by atoms with E-state index in [2.05, 4.69) is 49.6 Å². The van der Waals surface area contributed by atoms with Gasteiger partial charge in [0.15, 0.2) is 0 Å². The van der Waals surface area contributed by atoms with Crippen molar-refractivity contribution in [2.24, 2.45) is 0 Å². The molecule has 1 N–H and O–H groups in total. The van der Waals surface area contributed by atoms with Gasteiger partial charge >= 0.3 is 5.97 Å². The molecular weight excluding hydrogens is 334 g/mol. The molecule has 134 valence electrons. The van der Waals surface area contributed by atoms with Gasteiger partial charge in [0.25, 0.3) is 0 Å². The van der Waals surface area contributed by atoms with E-state index in [4.69, 9.17) is 0 Å². The second-order valence-electron chi connectivity index (χ2n) is 6.96. The van der Waals surface area contributed by atoms with Crippen molar-refractivity contribution in [2.75, 3.05) is 0 Å². The van der Waals surface area contributed by atoms with Crippen LogP contribution in [0, 0.1) is 20.8 Å². The van der Waals surface area contributed by atoms with Crippen molar-refractivity contribution in [3.63, 3.8) is 0 Å². The minimum atomic E-state index is -0.919. The highest BCUT2D eigenvalue weighted by molar-refractivity contribution is 5.94. The molecule has 27 heavy (non-hydrogen) atoms. The van der Waals surface area contributed by atoms with Crippen molar-refractivity contribution >= 4 is 16.9 Å². The van der Waals surface area contributed by atoms with Crippen LogP contribution in [0.2, 0.25) is 0 Å². The number of benzene rings is 3. The van der Waals surface area contributed by atoms with Gasteiger partial charge in [0, 0.05) is 11.1 Å². The number of aromatic nitrogens is 1. The summed E-state index contributed by atoms with van der Waals surface area (Å²) in [5.74, 6) is -0.919. The maximum Gasteiger partial charge on any atom is 0.335 e. The monoisotopic (exact) mass is 355 g/mol. The third kappa shape index (κ3) is 2.81. The number of carboxylic acid groups (broad SMARTS) is 1. The van der Waals surface area contributed by atoms with Crippen LogP contribution in [-0.2, 0) is 0 Å². The van der Waals surface area contributed by atoms with Gasteiger partial charge in [0.05, 0.1) is 16.8 Å². The van der Waals surface area contributed by atoms with Crippen LogP contribution in [0.3, 0.4) is 0 Å². The van der Waals surface area contributed by atoms with Crippen LogP contribution in [0.25, 0.3) is 27.8 Å². The molecule has 0 spiro atoms. The lowest BCUT2D eigenvalue weighted by atomic mass is 10.0. The normalized spacial score (nSPS) is 11.1. The van der Waals surface area contributed by atoms with Crippen molar-refractivity contribution in [1.82, 2.24) is 4.57 Å². The Hall–Kier alpha value is -3.33. The third-order valence-electron chi connectivity index (χ3n) is 5.37. The molecule has 0 saturated carbocycles. The average Bonchev–Trinajstić information content (AvgIpc) is 3.06. The molecule has 0 saturated heterocycles. The number of nitrogens with zero attached hydrogens (tertiary/aromatic N) is 1. The average molecular weight is 355 g/mol. The Labute approximate surface area is 158 Å². The van der Waals surface area contributed by atoms with Gasteiger partial charge in [-0.2, -0.15) is 0 Å². The summed E-state index contributed by atoms with van der Waals surface area (Å²) in [7, 11) is 0. The van der Waals surface area contributed by atoms with Gasteiger partial charge in [-0.05, 0) is 73.4 Å². The molecule has 0 aliphatic rings. The van der Waals surface area contributed by atoms with Crippen LogP contribution in [0.1, 0.15) is 27.0 Å². The number of fused-ring (bicyclic) bond motifs is 1. The molecule has 0 aliphatic carbocycles. The summed E-state index contributed by atoms with van der Waals surface area (Å²) in [6, 6.07) is 21.7. The minimum absolute atomic E-state index is 0.286. The Morgan fingerprint density at radius 1 is 0.852 bits per heavy atom. The van der Waals surface area contributed by atoms with Crippen LogP contribution in [0.5, 0.6) is 0 Å². The zero-order chi connectivity index (χ0) is 19.1. The van der Waals surface area contributed by atoms with E-state index in [0.717, 1.165) is 22.5 Å². The van der Waals surface area contributed by atoms with Crippen LogP contribution in [0.15, 0.2) is 66.7 Å². The summed E-state index contributed by atoms with van der Waals surface area (Å²) < 4.78 is 2.16. The molecular formula is C24H21NO2. The van der Waals surface area contributed by atoms with E-state index in [0.29, 0.717) is 0 Å². The van der Waals surface area contributed by atoms with E-state index < -0.39 is 5.97 Å². The molecule has 4 aromatic rings. The van der Waals surface area contributed by atoms with Gasteiger partial charge in [-0.3, -0.25) is 0 Å². The van der Waals surface area contributed by atoms with Gasteiger partial charge in [0.1, 0.15) is 0 Å². The lowest BCUT2D eigenvalue weighted by Crippen LogP contribution is -2.01. The number of rotatable bonds is 3. The predicted octanol–water partition coefficient (Wildman–Crippen LogP) is 5.92. The summed E-state index contributed by atoms with van der Waals surface area (Å²) in [4.78, 5) is 11.5. The maximum atomic E-state index is 11.5. The molecule has 0 unspecified atom stereocenters. The summed E-state index contributed by atoms with van der Waals surface area (Å²) >= 11 is 0. The fraction of sp³-hybridized carbons (Fsp3) is 0.125. The first kappa shape index (κ1) is 17.1. The van der Waals surface area contributed by atoms with Gasteiger partial charge in [0.2, 0.25) is 0 Å². The SMILES string of the molecule is Cc1cc2c(cc(-c3ccccc3)n2-c2cccc(C(=O)O)c2)c(C)c1C. The van der Waals surface area contributed by atoms with Crippen molar-refractivity contribution in [3.8, 4) is 16.9 Å². The first-order chi connectivity index (χ1) is 13.0. The largest absolute Gasteiger partial charge is 0.478 e. The minimum Gasteiger partial charge on any atom is -0.478 e. The molecule has 4 rings (SSSR count). The molecule has 0 bridgehead atoms. The summed E-state index contributed by atoms with van der Waals surface area (Å²) in [6.07, 6.45) is 0. The molecule has 0 aliphatic heterocycles. The topological polar surface area (TPSA) is 42.2 Å². The van der Waals surface area contributed by atoms with Crippen LogP contribution >= 0.6 is 0 Å². The highest BCUT2D eigenvalue weighted by Gasteiger charge is 2.16. The molecule has 0 amide bonds. The van der Waals surface area contributed by atoms with Crippen molar-refractivity contribution in [3.05, 3.63) is 89.0 Å². The van der Waals surface area contributed by atoms with E-state index in [1.165, 1.54) is 22.1 Å². The first-order valence-corrected chi connectivity index (χ1v) is 8.99. The zero-order valence-electron chi connectivity index (χ0n) is 15.7. The highest BCUT2D eigenvalue weighted by atomic mass is 16.4.